The van der Waals surface area contributed by atoms with Gasteiger partial charge in [0.15, 0.2) is 0 Å². The third kappa shape index (κ3) is 4.13. The van der Waals surface area contributed by atoms with Crippen molar-refractivity contribution in [3.8, 4) is 0 Å². The topological polar surface area (TPSA) is 62.3 Å². The van der Waals surface area contributed by atoms with Gasteiger partial charge in [-0.25, -0.2) is 13.4 Å². The summed E-state index contributed by atoms with van der Waals surface area (Å²) < 4.78 is 26.4. The van der Waals surface area contributed by atoms with E-state index >= 15 is 0 Å². The number of pyridine rings is 1. The Morgan fingerprint density at radius 2 is 1.79 bits per heavy atom. The fourth-order valence-electron chi connectivity index (χ4n) is 2.87. The van der Waals surface area contributed by atoms with Gasteiger partial charge in [-0.15, -0.1) is 0 Å². The molecule has 3 rings (SSSR count). The average molecular weight is 345 g/mol. The molecule has 128 valence electrons. The van der Waals surface area contributed by atoms with Gasteiger partial charge < -0.3 is 5.32 Å². The van der Waals surface area contributed by atoms with Crippen LogP contribution in [0, 0.1) is 0 Å². The molecule has 1 aliphatic heterocycles. The normalized spacial score (nSPS) is 15.5. The van der Waals surface area contributed by atoms with Crippen LogP contribution in [0.5, 0.6) is 0 Å². The molecule has 1 aromatic heterocycles. The Balaban J connectivity index is 1.51. The number of aryl methyl sites for hydroxylation is 1. The summed E-state index contributed by atoms with van der Waals surface area (Å²) in [4.78, 5) is 4.52. The van der Waals surface area contributed by atoms with Crippen LogP contribution in [0.1, 0.15) is 24.8 Å². The van der Waals surface area contributed by atoms with E-state index in [0.717, 1.165) is 32.2 Å². The van der Waals surface area contributed by atoms with Crippen molar-refractivity contribution in [1.29, 1.82) is 0 Å². The van der Waals surface area contributed by atoms with E-state index in [0.29, 0.717) is 18.9 Å². The lowest BCUT2D eigenvalue weighted by Gasteiger charge is -2.15. The smallest absolute Gasteiger partial charge is 0.244 e. The summed E-state index contributed by atoms with van der Waals surface area (Å²) in [6.45, 7) is 2.03. The maximum absolute atomic E-state index is 12.4. The Kier molecular flexibility index (Phi) is 5.48. The molecule has 0 aliphatic carbocycles. The first kappa shape index (κ1) is 16.9. The lowest BCUT2D eigenvalue weighted by molar-refractivity contribution is 0.477. The molecule has 24 heavy (non-hydrogen) atoms. The molecule has 1 aliphatic rings. The minimum Gasteiger partial charge on any atom is -0.370 e. The van der Waals surface area contributed by atoms with E-state index in [1.165, 1.54) is 16.1 Å². The number of anilines is 1. The monoisotopic (exact) mass is 345 g/mol. The Morgan fingerprint density at radius 1 is 1.04 bits per heavy atom. The van der Waals surface area contributed by atoms with Crippen LogP contribution in [0.25, 0.3) is 0 Å². The van der Waals surface area contributed by atoms with Crippen LogP contribution in [0.4, 0.5) is 5.82 Å². The molecule has 1 aromatic carbocycles. The average Bonchev–Trinajstić information content (AvgIpc) is 3.16. The highest BCUT2D eigenvalue weighted by Crippen LogP contribution is 2.20. The van der Waals surface area contributed by atoms with E-state index < -0.39 is 10.0 Å². The number of nitrogens with one attached hydrogen (secondary N) is 1. The maximum Gasteiger partial charge on any atom is 0.244 e. The van der Waals surface area contributed by atoms with Gasteiger partial charge in [0, 0.05) is 25.8 Å². The van der Waals surface area contributed by atoms with Gasteiger partial charge in [0.25, 0.3) is 0 Å². The molecule has 1 saturated heterocycles. The van der Waals surface area contributed by atoms with E-state index in [1.54, 1.807) is 12.1 Å². The number of sulfonamides is 1. The molecule has 1 fully saturated rings. The van der Waals surface area contributed by atoms with Gasteiger partial charge >= 0.3 is 0 Å². The predicted molar refractivity (Wildman–Crippen MR) is 95.5 cm³/mol. The Labute approximate surface area is 143 Å². The quantitative estimate of drug-likeness (QED) is 0.784. The minimum absolute atomic E-state index is 0.277. The van der Waals surface area contributed by atoms with Crippen molar-refractivity contribution in [2.75, 3.05) is 25.0 Å². The van der Waals surface area contributed by atoms with Crippen LogP contribution in [-0.4, -0.2) is 37.3 Å². The second-order valence-electron chi connectivity index (χ2n) is 6.01. The number of aromatic nitrogens is 1. The lowest BCUT2D eigenvalue weighted by atomic mass is 10.1. The van der Waals surface area contributed by atoms with Gasteiger partial charge in [-0.3, -0.25) is 0 Å². The molecule has 0 atom stereocenters. The molecular formula is C18H23N3O2S. The van der Waals surface area contributed by atoms with Crippen molar-refractivity contribution in [2.45, 2.75) is 30.6 Å². The lowest BCUT2D eigenvalue weighted by Crippen LogP contribution is -2.27. The number of rotatable bonds is 7. The standard InChI is InChI=1S/C18H23N3O2S/c22-24(23,21-13-4-5-14-21)17-10-11-18(20-15-17)19-12-6-9-16-7-2-1-3-8-16/h1-3,7-8,10-11,15H,4-6,9,12-14H2,(H,19,20). The SMILES string of the molecule is O=S(=O)(c1ccc(NCCCc2ccccc2)nc1)N1CCCC1. The van der Waals surface area contributed by atoms with Gasteiger partial charge in [0.05, 0.1) is 0 Å². The Hall–Kier alpha value is -1.92. The van der Waals surface area contributed by atoms with Crippen LogP contribution < -0.4 is 5.32 Å². The highest BCUT2D eigenvalue weighted by molar-refractivity contribution is 7.89. The number of benzene rings is 1. The third-order valence-corrected chi connectivity index (χ3v) is 6.11. The third-order valence-electron chi connectivity index (χ3n) is 4.23. The highest BCUT2D eigenvalue weighted by atomic mass is 32.2. The van der Waals surface area contributed by atoms with Gasteiger partial charge in [0.1, 0.15) is 10.7 Å². The number of hydrogen-bond acceptors (Lipinski definition) is 4. The summed E-state index contributed by atoms with van der Waals surface area (Å²) in [5.41, 5.74) is 1.32. The second-order valence-corrected chi connectivity index (χ2v) is 7.94. The number of hydrogen-bond donors (Lipinski definition) is 1. The minimum atomic E-state index is -3.37. The molecule has 0 spiro atoms. The zero-order valence-electron chi connectivity index (χ0n) is 13.7. The molecule has 6 heteroatoms. The van der Waals surface area contributed by atoms with Gasteiger partial charge in [0.2, 0.25) is 10.0 Å². The fourth-order valence-corrected chi connectivity index (χ4v) is 4.33. The summed E-state index contributed by atoms with van der Waals surface area (Å²) >= 11 is 0. The molecule has 0 saturated carbocycles. The van der Waals surface area contributed by atoms with Crippen molar-refractivity contribution < 1.29 is 8.42 Å². The van der Waals surface area contributed by atoms with Crippen LogP contribution in [-0.2, 0) is 16.4 Å². The van der Waals surface area contributed by atoms with Crippen molar-refractivity contribution >= 4 is 15.8 Å². The largest absolute Gasteiger partial charge is 0.370 e. The number of nitrogens with zero attached hydrogens (tertiary/aromatic N) is 2. The van der Waals surface area contributed by atoms with Crippen LogP contribution >= 0.6 is 0 Å². The zero-order valence-corrected chi connectivity index (χ0v) is 14.5. The van der Waals surface area contributed by atoms with E-state index in [1.807, 2.05) is 18.2 Å². The van der Waals surface area contributed by atoms with E-state index in [-0.39, 0.29) is 4.90 Å². The summed E-state index contributed by atoms with van der Waals surface area (Å²) in [5.74, 6) is 0.712. The Morgan fingerprint density at radius 3 is 2.46 bits per heavy atom. The first-order valence-electron chi connectivity index (χ1n) is 8.40. The Bertz CT molecular complexity index is 740. The van der Waals surface area contributed by atoms with Crippen LogP contribution in [0.2, 0.25) is 0 Å². The van der Waals surface area contributed by atoms with Crippen molar-refractivity contribution in [3.05, 3.63) is 54.2 Å². The van der Waals surface area contributed by atoms with Gasteiger partial charge in [-0.1, -0.05) is 30.3 Å². The van der Waals surface area contributed by atoms with E-state index in [9.17, 15) is 8.42 Å². The van der Waals surface area contributed by atoms with Gasteiger partial charge in [-0.2, -0.15) is 4.31 Å². The summed E-state index contributed by atoms with van der Waals surface area (Å²) in [7, 11) is -3.37. The van der Waals surface area contributed by atoms with Crippen molar-refractivity contribution in [1.82, 2.24) is 9.29 Å². The highest BCUT2D eigenvalue weighted by Gasteiger charge is 2.27. The first-order valence-corrected chi connectivity index (χ1v) is 9.84. The summed E-state index contributed by atoms with van der Waals surface area (Å²) in [6, 6.07) is 13.7. The van der Waals surface area contributed by atoms with Crippen molar-refractivity contribution in [2.24, 2.45) is 0 Å². The molecule has 2 aromatic rings. The molecule has 0 bridgehead atoms. The van der Waals surface area contributed by atoms with Crippen LogP contribution in [0.3, 0.4) is 0 Å². The summed E-state index contributed by atoms with van der Waals surface area (Å²) in [6.07, 6.45) is 5.34. The maximum atomic E-state index is 12.4. The predicted octanol–water partition coefficient (Wildman–Crippen LogP) is 2.91. The molecule has 0 radical (unpaired) electrons. The molecule has 0 amide bonds. The molecule has 2 heterocycles. The molecule has 1 N–H and O–H groups in total. The van der Waals surface area contributed by atoms with Crippen LogP contribution in [0.15, 0.2) is 53.6 Å². The zero-order chi connectivity index (χ0) is 16.8. The fraction of sp³-hybridized carbons (Fsp3) is 0.389. The summed E-state index contributed by atoms with van der Waals surface area (Å²) in [5, 5.41) is 3.24. The van der Waals surface area contributed by atoms with E-state index in [2.05, 4.69) is 22.4 Å². The van der Waals surface area contributed by atoms with Gasteiger partial charge in [-0.05, 0) is 43.4 Å². The molecule has 5 nitrogen and oxygen atoms in total. The first-order chi connectivity index (χ1) is 11.7. The van der Waals surface area contributed by atoms with E-state index in [4.69, 9.17) is 0 Å². The van der Waals surface area contributed by atoms with Crippen molar-refractivity contribution in [3.63, 3.8) is 0 Å². The molecular weight excluding hydrogens is 322 g/mol. The molecule has 0 unspecified atom stereocenters. The second kappa shape index (κ2) is 7.77.